The number of likely N-dealkylation sites (tertiary alicyclic amines) is 1. The molecule has 5 aliphatic rings. The first-order valence-corrected chi connectivity index (χ1v) is 14.4. The summed E-state index contributed by atoms with van der Waals surface area (Å²) < 4.78 is 25.0. The van der Waals surface area contributed by atoms with Gasteiger partial charge in [-0.25, -0.2) is 18.8 Å². The molecule has 0 aromatic carbocycles. The topological polar surface area (TPSA) is 128 Å². The maximum Gasteiger partial charge on any atom is 0.354 e. The van der Waals surface area contributed by atoms with Gasteiger partial charge < -0.3 is 10.1 Å². The van der Waals surface area contributed by atoms with E-state index in [1.165, 1.54) is 31.9 Å². The van der Waals surface area contributed by atoms with E-state index in [0.717, 1.165) is 73.4 Å². The van der Waals surface area contributed by atoms with Crippen LogP contribution in [0.25, 0.3) is 0 Å². The molecule has 1 spiro atoms. The number of nitrogens with zero attached hydrogens (tertiary/aromatic N) is 5. The van der Waals surface area contributed by atoms with Crippen molar-refractivity contribution in [2.24, 2.45) is 9.50 Å². The predicted molar refractivity (Wildman–Crippen MR) is 130 cm³/mol. The second kappa shape index (κ2) is 7.75. The van der Waals surface area contributed by atoms with Crippen molar-refractivity contribution in [3.8, 4) is 5.88 Å². The lowest BCUT2D eigenvalue weighted by Crippen LogP contribution is -2.43. The second-order valence-electron chi connectivity index (χ2n) is 10.7. The summed E-state index contributed by atoms with van der Waals surface area (Å²) in [5.41, 5.74) is 5.53. The third-order valence-electron chi connectivity index (χ3n) is 8.51. The van der Waals surface area contributed by atoms with Gasteiger partial charge in [-0.3, -0.25) is 9.88 Å². The number of rotatable bonds is 3. The van der Waals surface area contributed by atoms with Gasteiger partial charge in [-0.05, 0) is 82.0 Å². The average molecular weight is 498 g/mol. The van der Waals surface area contributed by atoms with E-state index >= 15 is 0 Å². The van der Waals surface area contributed by atoms with Gasteiger partial charge in [0, 0.05) is 11.1 Å². The van der Waals surface area contributed by atoms with Crippen LogP contribution < -0.4 is 15.2 Å². The Morgan fingerprint density at radius 1 is 1.17 bits per heavy atom. The lowest BCUT2D eigenvalue weighted by Gasteiger charge is -2.31. The molecule has 2 fully saturated rings. The van der Waals surface area contributed by atoms with Gasteiger partial charge in [0.15, 0.2) is 9.92 Å². The van der Waals surface area contributed by atoms with Crippen molar-refractivity contribution in [1.82, 2.24) is 19.7 Å². The third-order valence-corrected chi connectivity index (χ3v) is 9.86. The summed E-state index contributed by atoms with van der Waals surface area (Å²) in [6.07, 6.45) is 11.0. The van der Waals surface area contributed by atoms with Crippen LogP contribution in [0.5, 0.6) is 5.88 Å². The van der Waals surface area contributed by atoms with E-state index in [1.54, 1.807) is 4.68 Å². The second-order valence-corrected chi connectivity index (χ2v) is 12.4. The van der Waals surface area contributed by atoms with Crippen LogP contribution in [0.2, 0.25) is 0 Å². The number of aromatic nitrogens is 3. The Balaban J connectivity index is 1.17. The quantitative estimate of drug-likeness (QED) is 0.671. The van der Waals surface area contributed by atoms with E-state index in [0.29, 0.717) is 19.0 Å². The number of anilines is 1. The van der Waals surface area contributed by atoms with Gasteiger partial charge in [0.25, 0.3) is 0 Å². The first kappa shape index (κ1) is 21.8. The van der Waals surface area contributed by atoms with Crippen LogP contribution in [0, 0.1) is 0 Å². The molecule has 2 aromatic heterocycles. The van der Waals surface area contributed by atoms with Gasteiger partial charge in [0.2, 0.25) is 5.88 Å². The number of hydrogen-bond acceptors (Lipinski definition) is 6. The fraction of sp³-hybridized carbons (Fsp3) is 0.625. The van der Waals surface area contributed by atoms with Gasteiger partial charge in [0.05, 0.1) is 30.2 Å². The minimum atomic E-state index is -3.53. The van der Waals surface area contributed by atoms with Gasteiger partial charge in [-0.2, -0.15) is 5.10 Å². The third kappa shape index (κ3) is 3.50. The Morgan fingerprint density at radius 2 is 2.00 bits per heavy atom. The Hall–Kier alpha value is -2.50. The number of urea groups is 1. The summed E-state index contributed by atoms with van der Waals surface area (Å²) in [4.78, 5) is 20.7. The van der Waals surface area contributed by atoms with E-state index in [2.05, 4.69) is 19.7 Å². The zero-order valence-corrected chi connectivity index (χ0v) is 20.6. The normalized spacial score (nSPS) is 25.5. The van der Waals surface area contributed by atoms with E-state index in [-0.39, 0.29) is 16.4 Å². The van der Waals surface area contributed by atoms with Gasteiger partial charge in [-0.15, -0.1) is 4.36 Å². The Labute approximate surface area is 204 Å². The van der Waals surface area contributed by atoms with E-state index < -0.39 is 15.9 Å². The minimum Gasteiger partial charge on any atom is -0.475 e. The SMILES string of the molecule is NS(=O)(=NC(=O)Nc1c2c(nc3c1CCC31CC1)CCC2)c1cnn2c1OCC(N1CCCC1)C2. The lowest BCUT2D eigenvalue weighted by molar-refractivity contribution is 0.0994. The monoisotopic (exact) mass is 497 g/mol. The number of amides is 2. The highest BCUT2D eigenvalue weighted by Gasteiger charge is 2.51. The standard InChI is InChI=1S/C24H31N7O3S/c25-35(33,19-12-26-31-13-15(14-34-22(19)31)30-10-1-2-11-30)29-23(32)28-20-16-4-3-5-18(16)27-21-17(20)6-7-24(21)8-9-24/h12,15H,1-11,13-14H2,(H3,25,27,28,29,32,33). The van der Waals surface area contributed by atoms with Crippen molar-refractivity contribution < 1.29 is 13.7 Å². The van der Waals surface area contributed by atoms with Crippen LogP contribution in [0.3, 0.4) is 0 Å². The number of hydrogen-bond donors (Lipinski definition) is 2. The number of pyridine rings is 1. The average Bonchev–Trinajstić information content (AvgIpc) is 3.31. The Bertz CT molecular complexity index is 1350. The molecule has 35 heavy (non-hydrogen) atoms. The highest BCUT2D eigenvalue weighted by Crippen LogP contribution is 2.58. The number of nitrogens with one attached hydrogen (secondary N) is 1. The summed E-state index contributed by atoms with van der Waals surface area (Å²) >= 11 is 0. The zero-order valence-electron chi connectivity index (χ0n) is 19.8. The van der Waals surface area contributed by atoms with Crippen molar-refractivity contribution in [3.05, 3.63) is 28.7 Å². The molecule has 2 atom stereocenters. The van der Waals surface area contributed by atoms with Crippen LogP contribution in [0.4, 0.5) is 10.5 Å². The largest absolute Gasteiger partial charge is 0.475 e. The molecule has 3 aliphatic carbocycles. The molecule has 3 N–H and O–H groups in total. The van der Waals surface area contributed by atoms with Crippen molar-refractivity contribution in [2.45, 2.75) is 80.7 Å². The molecule has 186 valence electrons. The van der Waals surface area contributed by atoms with Gasteiger partial charge >= 0.3 is 6.03 Å². The minimum absolute atomic E-state index is 0.176. The molecule has 1 saturated carbocycles. The fourth-order valence-electron chi connectivity index (χ4n) is 6.47. The van der Waals surface area contributed by atoms with Gasteiger partial charge in [-0.1, -0.05) is 0 Å². The number of nitrogens with two attached hydrogens (primary N) is 1. The van der Waals surface area contributed by atoms with E-state index in [9.17, 15) is 9.00 Å². The zero-order chi connectivity index (χ0) is 23.8. The number of aryl methyl sites for hydroxylation is 1. The van der Waals surface area contributed by atoms with Gasteiger partial charge in [0.1, 0.15) is 11.5 Å². The van der Waals surface area contributed by atoms with E-state index in [1.807, 2.05) is 0 Å². The molecule has 2 aliphatic heterocycles. The Kier molecular flexibility index (Phi) is 4.82. The van der Waals surface area contributed by atoms with Crippen molar-refractivity contribution >= 4 is 21.6 Å². The first-order valence-electron chi connectivity index (χ1n) is 12.8. The fourth-order valence-corrected chi connectivity index (χ4v) is 7.47. The summed E-state index contributed by atoms with van der Waals surface area (Å²) in [5.74, 6) is 0.353. The molecule has 2 unspecified atom stereocenters. The molecule has 0 bridgehead atoms. The summed E-state index contributed by atoms with van der Waals surface area (Å²) in [6, 6.07) is -0.458. The summed E-state index contributed by atoms with van der Waals surface area (Å²) in [7, 11) is -3.53. The van der Waals surface area contributed by atoms with Crippen LogP contribution in [0.15, 0.2) is 15.5 Å². The van der Waals surface area contributed by atoms with Crippen LogP contribution in [0.1, 0.15) is 61.0 Å². The summed E-state index contributed by atoms with van der Waals surface area (Å²) in [5, 5.41) is 13.5. The molecular weight excluding hydrogens is 466 g/mol. The highest BCUT2D eigenvalue weighted by molar-refractivity contribution is 7.91. The number of carbonyl (C=O) groups is 1. The predicted octanol–water partition coefficient (Wildman–Crippen LogP) is 2.53. The lowest BCUT2D eigenvalue weighted by atomic mass is 10.0. The van der Waals surface area contributed by atoms with Crippen molar-refractivity contribution in [1.29, 1.82) is 0 Å². The van der Waals surface area contributed by atoms with Crippen molar-refractivity contribution in [2.75, 3.05) is 25.0 Å². The van der Waals surface area contributed by atoms with Crippen LogP contribution in [-0.4, -0.2) is 55.6 Å². The van der Waals surface area contributed by atoms with Crippen LogP contribution in [-0.2, 0) is 41.1 Å². The Morgan fingerprint density at radius 3 is 2.80 bits per heavy atom. The molecule has 10 nitrogen and oxygen atoms in total. The number of fused-ring (bicyclic) bond motifs is 4. The molecule has 4 heterocycles. The maximum atomic E-state index is 13.4. The maximum absolute atomic E-state index is 13.4. The molecular formula is C24H31N7O3S. The van der Waals surface area contributed by atoms with Crippen molar-refractivity contribution in [3.63, 3.8) is 0 Å². The number of ether oxygens (including phenoxy) is 1. The highest BCUT2D eigenvalue weighted by atomic mass is 32.2. The molecule has 0 radical (unpaired) electrons. The molecule has 1 saturated heterocycles. The first-order chi connectivity index (χ1) is 16.9. The van der Waals surface area contributed by atoms with Crippen LogP contribution >= 0.6 is 0 Å². The smallest absolute Gasteiger partial charge is 0.354 e. The molecule has 2 aromatic rings. The molecule has 7 rings (SSSR count). The van der Waals surface area contributed by atoms with E-state index in [4.69, 9.17) is 14.9 Å². The number of carbonyl (C=O) groups excluding carboxylic acids is 1. The molecule has 2 amide bonds. The molecule has 11 heteroatoms. The summed E-state index contributed by atoms with van der Waals surface area (Å²) in [6.45, 7) is 3.25.